The van der Waals surface area contributed by atoms with E-state index >= 15 is 35.1 Å². The van der Waals surface area contributed by atoms with Gasteiger partial charge in [-0.3, -0.25) is 0 Å². The van der Waals surface area contributed by atoms with Crippen LogP contribution in [0.25, 0.3) is 0 Å². The lowest BCUT2D eigenvalue weighted by molar-refractivity contribution is -0.597. The fourth-order valence-corrected chi connectivity index (χ4v) is 8.60. The van der Waals surface area contributed by atoms with Crippen LogP contribution in [0, 0.1) is 123 Å². The van der Waals surface area contributed by atoms with Gasteiger partial charge in [0.25, 0.3) is 0 Å². The van der Waals surface area contributed by atoms with Gasteiger partial charge in [-0.2, -0.15) is 0 Å². The smallest absolute Gasteiger partial charge is 0.207 e. The molecular formula is C39H16BF20I. The summed E-state index contributed by atoms with van der Waals surface area (Å²) in [5, 5.41) is 0. The molecular weight excluding hydrogens is 986 g/mol. The van der Waals surface area contributed by atoms with Crippen LogP contribution in [0.4, 0.5) is 87.8 Å². The summed E-state index contributed by atoms with van der Waals surface area (Å²) >= 11 is -0.00394. The second-order valence-electron chi connectivity index (χ2n) is 12.9. The van der Waals surface area contributed by atoms with E-state index in [-0.39, 0.29) is 21.2 Å². The number of hydrogen-bond acceptors (Lipinski definition) is 0. The summed E-state index contributed by atoms with van der Waals surface area (Å²) in [6.07, 6.45) is -7.22. The lowest BCUT2D eigenvalue weighted by atomic mass is 9.12. The molecule has 0 spiro atoms. The van der Waals surface area contributed by atoms with Gasteiger partial charge in [0.05, 0.1) is 0 Å². The minimum atomic E-state index is -7.22. The average Bonchev–Trinajstić information content (AvgIpc) is 3.24. The van der Waals surface area contributed by atoms with Crippen LogP contribution in [-0.2, 0) is 0 Å². The van der Waals surface area contributed by atoms with Gasteiger partial charge >= 0.3 is 21.2 Å². The third kappa shape index (κ3) is 7.68. The molecule has 0 aliphatic carbocycles. The van der Waals surface area contributed by atoms with Crippen molar-refractivity contribution in [1.82, 2.24) is 0 Å². The molecule has 0 atom stereocenters. The molecule has 0 unspecified atom stereocenters. The molecule has 6 aromatic rings. The summed E-state index contributed by atoms with van der Waals surface area (Å²) in [4.78, 5) is 0. The van der Waals surface area contributed by atoms with Crippen molar-refractivity contribution in [3.63, 3.8) is 0 Å². The topological polar surface area (TPSA) is 0 Å². The first-order valence-corrected chi connectivity index (χ1v) is 18.6. The molecule has 0 aliphatic rings. The highest BCUT2D eigenvalue weighted by Gasteiger charge is 2.52. The van der Waals surface area contributed by atoms with Crippen LogP contribution in [0.3, 0.4) is 0 Å². The Morgan fingerprint density at radius 1 is 0.295 bits per heavy atom. The molecule has 0 amide bonds. The second-order valence-corrected chi connectivity index (χ2v) is 15.9. The van der Waals surface area contributed by atoms with Gasteiger partial charge in [-0.15, -0.1) is 21.9 Å². The number of benzene rings is 6. The molecule has 0 aromatic heterocycles. The van der Waals surface area contributed by atoms with E-state index in [1.807, 2.05) is 0 Å². The van der Waals surface area contributed by atoms with Crippen LogP contribution in [0.1, 0.15) is 25.3 Å². The minimum absolute atomic E-state index is 0.00394. The van der Waals surface area contributed by atoms with Crippen molar-refractivity contribution < 1.29 is 109 Å². The van der Waals surface area contributed by atoms with Crippen LogP contribution >= 0.6 is 0 Å². The lowest BCUT2D eigenvalue weighted by Crippen LogP contribution is -3.61. The van der Waals surface area contributed by atoms with Crippen LogP contribution in [-0.4, -0.2) is 6.15 Å². The first-order chi connectivity index (χ1) is 28.5. The van der Waals surface area contributed by atoms with Gasteiger partial charge in [-0.25, -0.2) is 87.8 Å². The number of hydrogen-bond donors (Lipinski definition) is 0. The van der Waals surface area contributed by atoms with E-state index in [4.69, 9.17) is 0 Å². The summed E-state index contributed by atoms with van der Waals surface area (Å²) in [7, 11) is 0. The predicted octanol–water partition coefficient (Wildman–Crippen LogP) is 6.78. The molecule has 61 heavy (non-hydrogen) atoms. The first kappa shape index (κ1) is 46.8. The zero-order chi connectivity index (χ0) is 45.7. The van der Waals surface area contributed by atoms with Crippen molar-refractivity contribution in [2.45, 2.75) is 19.8 Å². The standard InChI is InChI=1S/C24BF20.C15H16I/c26-5-1(6(27)14(35)21(42)13(5)34)25(2-7(28)15(36)22(43)16(37)8(2)29,3-9(30)17(38)23(44)18(39)10(3)31)4-11(32)19(40)24(45)20(41)12(4)33;1-12(2)13-8-10-15(11-9-13)16-14-6-4-3-5-7-14/h;3-12H,1-2H3/q-1;+1. The largest absolute Gasteiger partial charge is 0.357 e. The Kier molecular flexibility index (Phi) is 13.5. The fourth-order valence-electron chi connectivity index (χ4n) is 6.39. The van der Waals surface area contributed by atoms with Crippen molar-refractivity contribution in [1.29, 1.82) is 0 Å². The van der Waals surface area contributed by atoms with E-state index in [9.17, 15) is 52.7 Å². The predicted molar refractivity (Wildman–Crippen MR) is 174 cm³/mol. The van der Waals surface area contributed by atoms with Crippen LogP contribution in [0.15, 0.2) is 54.6 Å². The van der Waals surface area contributed by atoms with Crippen molar-refractivity contribution in [3.8, 4) is 0 Å². The van der Waals surface area contributed by atoms with Gasteiger partial charge in [0.1, 0.15) is 52.7 Å². The zero-order valence-electron chi connectivity index (χ0n) is 29.8. The molecule has 0 saturated carbocycles. The highest BCUT2D eigenvalue weighted by molar-refractivity contribution is 7.20. The monoisotopic (exact) mass is 1000 g/mol. The first-order valence-electron chi connectivity index (χ1n) is 16.5. The van der Waals surface area contributed by atoms with E-state index in [0.717, 1.165) is 0 Å². The van der Waals surface area contributed by atoms with E-state index in [1.165, 1.54) is 12.7 Å². The third-order valence-electron chi connectivity index (χ3n) is 9.20. The number of halogens is 21. The maximum Gasteiger partial charge on any atom is 0.357 e. The fraction of sp³-hybridized carbons (Fsp3) is 0.0769. The lowest BCUT2D eigenvalue weighted by Gasteiger charge is -2.44. The van der Waals surface area contributed by atoms with Crippen LogP contribution in [0.5, 0.6) is 0 Å². The van der Waals surface area contributed by atoms with Crippen molar-refractivity contribution in [2.75, 3.05) is 0 Å². The van der Waals surface area contributed by atoms with E-state index in [0.29, 0.717) is 5.92 Å². The average molecular weight is 1000 g/mol. The molecule has 0 bridgehead atoms. The third-order valence-corrected chi connectivity index (χ3v) is 11.9. The molecule has 0 aliphatic heterocycles. The normalized spacial score (nSPS) is 11.7. The Morgan fingerprint density at radius 2 is 0.508 bits per heavy atom. The number of rotatable bonds is 7. The molecule has 0 nitrogen and oxygen atoms in total. The maximum absolute atomic E-state index is 15.4. The summed E-state index contributed by atoms with van der Waals surface area (Å²) < 4.78 is 297. The molecule has 0 N–H and O–H groups in total. The van der Waals surface area contributed by atoms with Gasteiger partial charge < -0.3 is 0 Å². The molecule has 0 heterocycles. The Hall–Kier alpha value is -5.29. The van der Waals surface area contributed by atoms with Gasteiger partial charge in [-0.1, -0.05) is 44.2 Å². The van der Waals surface area contributed by atoms with Crippen molar-refractivity contribution in [3.05, 3.63) is 184 Å². The summed E-state index contributed by atoms with van der Waals surface area (Å²) in [6, 6.07) is 19.9. The van der Waals surface area contributed by atoms with Crippen LogP contribution in [0.2, 0.25) is 0 Å². The van der Waals surface area contributed by atoms with Gasteiger partial charge in [-0.05, 0) is 35.7 Å². The SMILES string of the molecule is CC(C)c1ccc([I+]c2ccccc2)cc1.Fc1c(F)c(F)c([B-](c2c(F)c(F)c(F)c(F)c2F)(c2c(F)c(F)c(F)c(F)c2F)c2c(F)c(F)c(F)c(F)c2F)c(F)c1F. The molecule has 6 aromatic carbocycles. The Morgan fingerprint density at radius 3 is 0.738 bits per heavy atom. The molecule has 0 radical (unpaired) electrons. The molecule has 0 fully saturated rings. The second kappa shape index (κ2) is 17.6. The molecule has 6 rings (SSSR count). The summed E-state index contributed by atoms with van der Waals surface area (Å²) in [5.41, 5.74) is -12.9. The Balaban J connectivity index is 0.000000366. The van der Waals surface area contributed by atoms with Gasteiger partial charge in [0, 0.05) is 0 Å². The van der Waals surface area contributed by atoms with Crippen LogP contribution < -0.4 is 43.1 Å². The Bertz CT molecular complexity index is 2310. The van der Waals surface area contributed by atoms with Crippen molar-refractivity contribution in [2.24, 2.45) is 0 Å². The summed E-state index contributed by atoms with van der Waals surface area (Å²) in [6.45, 7) is 4.47. The van der Waals surface area contributed by atoms with Crippen molar-refractivity contribution >= 4 is 28.0 Å². The quantitative estimate of drug-likeness (QED) is 0.0545. The summed E-state index contributed by atoms with van der Waals surface area (Å²) in [5.74, 6) is -70.8. The Labute approximate surface area is 339 Å². The molecule has 322 valence electrons. The molecule has 0 saturated heterocycles. The van der Waals surface area contributed by atoms with E-state index in [2.05, 4.69) is 68.4 Å². The highest BCUT2D eigenvalue weighted by atomic mass is 127. The minimum Gasteiger partial charge on any atom is -0.207 e. The zero-order valence-corrected chi connectivity index (χ0v) is 31.9. The van der Waals surface area contributed by atoms with E-state index in [1.54, 1.807) is 0 Å². The van der Waals surface area contributed by atoms with Gasteiger partial charge in [0.2, 0.25) is 0 Å². The van der Waals surface area contributed by atoms with E-state index < -0.39 is 144 Å². The maximum atomic E-state index is 15.4. The highest BCUT2D eigenvalue weighted by Crippen LogP contribution is 2.30. The molecule has 22 heteroatoms. The van der Waals surface area contributed by atoms with Gasteiger partial charge in [0.15, 0.2) is 76.9 Å².